The van der Waals surface area contributed by atoms with E-state index in [0.717, 1.165) is 22.0 Å². The predicted octanol–water partition coefficient (Wildman–Crippen LogP) is 5.68. The van der Waals surface area contributed by atoms with Gasteiger partial charge in [-0.05, 0) is 48.4 Å². The van der Waals surface area contributed by atoms with Crippen LogP contribution >= 0.6 is 15.9 Å². The summed E-state index contributed by atoms with van der Waals surface area (Å²) in [5.41, 5.74) is 8.44. The van der Waals surface area contributed by atoms with Crippen molar-refractivity contribution in [2.45, 2.75) is 19.3 Å². The highest BCUT2D eigenvalue weighted by Gasteiger charge is 2.32. The lowest BCUT2D eigenvalue weighted by molar-refractivity contribution is 0.0734. The van der Waals surface area contributed by atoms with Gasteiger partial charge in [0.1, 0.15) is 28.9 Å². The summed E-state index contributed by atoms with van der Waals surface area (Å²) < 4.78 is 17.7. The molecule has 0 fully saturated rings. The first kappa shape index (κ1) is 22.4. The maximum atomic E-state index is 12.6. The lowest BCUT2D eigenvalue weighted by Gasteiger charge is -2.27. The number of rotatable bonds is 6. The number of nitrogens with zero attached hydrogens (tertiary/aromatic N) is 1. The maximum absolute atomic E-state index is 12.6. The van der Waals surface area contributed by atoms with E-state index in [-0.39, 0.29) is 5.88 Å². The Morgan fingerprint density at radius 1 is 1.09 bits per heavy atom. The summed E-state index contributed by atoms with van der Waals surface area (Å²) in [6.07, 6.45) is 0.905. The second-order valence-electron chi connectivity index (χ2n) is 7.41. The van der Waals surface area contributed by atoms with Crippen LogP contribution in [0.1, 0.15) is 40.7 Å². The predicted molar refractivity (Wildman–Crippen MR) is 127 cm³/mol. The molecule has 0 amide bonds. The van der Waals surface area contributed by atoms with Crippen LogP contribution in [0, 0.1) is 11.3 Å². The van der Waals surface area contributed by atoms with Gasteiger partial charge in [0.2, 0.25) is 5.88 Å². The van der Waals surface area contributed by atoms with Crippen LogP contribution in [0.25, 0.3) is 0 Å². The van der Waals surface area contributed by atoms with Crippen molar-refractivity contribution < 1.29 is 19.0 Å². The van der Waals surface area contributed by atoms with Gasteiger partial charge in [0.05, 0.1) is 18.1 Å². The van der Waals surface area contributed by atoms with Gasteiger partial charge in [0.15, 0.2) is 0 Å². The molecule has 3 aromatic carbocycles. The Bertz CT molecular complexity index is 1260. The van der Waals surface area contributed by atoms with Crippen molar-refractivity contribution in [3.63, 3.8) is 0 Å². The molecule has 4 rings (SSSR count). The molecule has 0 radical (unpaired) electrons. The smallest absolute Gasteiger partial charge is 0.343 e. The zero-order valence-corrected chi connectivity index (χ0v) is 19.5. The first-order valence-corrected chi connectivity index (χ1v) is 11.2. The lowest BCUT2D eigenvalue weighted by atomic mass is 9.83. The van der Waals surface area contributed by atoms with Gasteiger partial charge in [-0.25, -0.2) is 4.79 Å². The average molecular weight is 505 g/mol. The van der Waals surface area contributed by atoms with Gasteiger partial charge in [-0.3, -0.25) is 0 Å². The molecule has 33 heavy (non-hydrogen) atoms. The number of carbonyl (C=O) groups is 1. The molecule has 1 unspecified atom stereocenters. The normalized spacial score (nSPS) is 14.6. The van der Waals surface area contributed by atoms with E-state index in [1.54, 1.807) is 42.5 Å². The van der Waals surface area contributed by atoms with Crippen LogP contribution < -0.4 is 19.9 Å². The van der Waals surface area contributed by atoms with E-state index in [9.17, 15) is 10.1 Å². The van der Waals surface area contributed by atoms with Crippen LogP contribution in [0.2, 0.25) is 0 Å². The van der Waals surface area contributed by atoms with Crippen molar-refractivity contribution in [3.05, 3.63) is 99.3 Å². The summed E-state index contributed by atoms with van der Waals surface area (Å²) in [6, 6.07) is 21.7. The SMILES string of the molecule is CCCOc1ccc(C(=O)Oc2ccc3c(c2)OC(N)=C(C#N)C3c2ccccc2Br)cc1. The van der Waals surface area contributed by atoms with Crippen molar-refractivity contribution in [1.29, 1.82) is 5.26 Å². The van der Waals surface area contributed by atoms with E-state index in [2.05, 4.69) is 22.0 Å². The van der Waals surface area contributed by atoms with Crippen LogP contribution in [0.15, 0.2) is 82.7 Å². The summed E-state index contributed by atoms with van der Waals surface area (Å²) in [6.45, 7) is 2.64. The highest BCUT2D eigenvalue weighted by atomic mass is 79.9. The third-order valence-electron chi connectivity index (χ3n) is 5.18. The van der Waals surface area contributed by atoms with Gasteiger partial charge in [0.25, 0.3) is 0 Å². The zero-order chi connectivity index (χ0) is 23.4. The van der Waals surface area contributed by atoms with Crippen LogP contribution in [-0.2, 0) is 0 Å². The number of hydrogen-bond acceptors (Lipinski definition) is 6. The number of allylic oxidation sites excluding steroid dienone is 1. The number of benzene rings is 3. The van der Waals surface area contributed by atoms with Gasteiger partial charge in [-0.1, -0.05) is 47.1 Å². The number of ether oxygens (including phenoxy) is 3. The lowest BCUT2D eigenvalue weighted by Crippen LogP contribution is -2.21. The van der Waals surface area contributed by atoms with Gasteiger partial charge >= 0.3 is 5.97 Å². The summed E-state index contributed by atoms with van der Waals surface area (Å²) in [7, 11) is 0. The molecule has 7 heteroatoms. The molecular formula is C26H21BrN2O4. The number of nitriles is 1. The van der Waals surface area contributed by atoms with Gasteiger partial charge < -0.3 is 19.9 Å². The first-order chi connectivity index (χ1) is 16.0. The Balaban J connectivity index is 1.60. The molecule has 2 N–H and O–H groups in total. The quantitative estimate of drug-likeness (QED) is 0.343. The monoisotopic (exact) mass is 504 g/mol. The minimum Gasteiger partial charge on any atom is -0.494 e. The topological polar surface area (TPSA) is 94.6 Å². The van der Waals surface area contributed by atoms with Crippen molar-refractivity contribution in [2.24, 2.45) is 5.73 Å². The number of nitrogens with two attached hydrogens (primary N) is 1. The van der Waals surface area contributed by atoms with E-state index in [0.29, 0.717) is 35.0 Å². The molecule has 3 aromatic rings. The number of carbonyl (C=O) groups excluding carboxylic acids is 1. The number of esters is 1. The molecule has 0 aliphatic carbocycles. The van der Waals surface area contributed by atoms with E-state index >= 15 is 0 Å². The molecule has 0 spiro atoms. The van der Waals surface area contributed by atoms with E-state index in [4.69, 9.17) is 19.9 Å². The van der Waals surface area contributed by atoms with E-state index < -0.39 is 11.9 Å². The zero-order valence-electron chi connectivity index (χ0n) is 17.9. The van der Waals surface area contributed by atoms with Crippen molar-refractivity contribution in [2.75, 3.05) is 6.61 Å². The highest BCUT2D eigenvalue weighted by Crippen LogP contribution is 2.45. The summed E-state index contributed by atoms with van der Waals surface area (Å²) in [4.78, 5) is 12.6. The number of halogens is 1. The second-order valence-corrected chi connectivity index (χ2v) is 8.26. The Morgan fingerprint density at radius 3 is 2.52 bits per heavy atom. The molecule has 0 bridgehead atoms. The fourth-order valence-electron chi connectivity index (χ4n) is 3.60. The Morgan fingerprint density at radius 2 is 1.82 bits per heavy atom. The molecule has 0 aromatic heterocycles. The van der Waals surface area contributed by atoms with Crippen molar-refractivity contribution in [1.82, 2.24) is 0 Å². The fourth-order valence-corrected chi connectivity index (χ4v) is 4.11. The molecular weight excluding hydrogens is 484 g/mol. The minimum atomic E-state index is -0.503. The average Bonchev–Trinajstić information content (AvgIpc) is 2.82. The van der Waals surface area contributed by atoms with Crippen molar-refractivity contribution in [3.8, 4) is 23.3 Å². The van der Waals surface area contributed by atoms with Crippen LogP contribution in [-0.4, -0.2) is 12.6 Å². The maximum Gasteiger partial charge on any atom is 0.343 e. The second kappa shape index (κ2) is 9.80. The largest absolute Gasteiger partial charge is 0.494 e. The van der Waals surface area contributed by atoms with E-state index in [1.165, 1.54) is 0 Å². The van der Waals surface area contributed by atoms with Gasteiger partial charge in [-0.2, -0.15) is 5.26 Å². The van der Waals surface area contributed by atoms with Crippen LogP contribution in [0.4, 0.5) is 0 Å². The Kier molecular flexibility index (Phi) is 6.66. The summed E-state index contributed by atoms with van der Waals surface area (Å²) >= 11 is 3.56. The fraction of sp³-hybridized carbons (Fsp3) is 0.154. The Hall–Kier alpha value is -3.76. The van der Waals surface area contributed by atoms with Crippen molar-refractivity contribution >= 4 is 21.9 Å². The number of fused-ring (bicyclic) bond motifs is 1. The molecule has 166 valence electrons. The third kappa shape index (κ3) is 4.71. The molecule has 1 aliphatic rings. The third-order valence-corrected chi connectivity index (χ3v) is 5.90. The molecule has 1 atom stereocenters. The van der Waals surface area contributed by atoms with Crippen LogP contribution in [0.5, 0.6) is 17.2 Å². The molecule has 1 aliphatic heterocycles. The summed E-state index contributed by atoms with van der Waals surface area (Å²) in [5, 5.41) is 9.72. The molecule has 0 saturated heterocycles. The van der Waals surface area contributed by atoms with Gasteiger partial charge in [-0.15, -0.1) is 0 Å². The molecule has 6 nitrogen and oxygen atoms in total. The number of hydrogen-bond donors (Lipinski definition) is 1. The highest BCUT2D eigenvalue weighted by molar-refractivity contribution is 9.10. The van der Waals surface area contributed by atoms with E-state index in [1.807, 2.05) is 31.2 Å². The van der Waals surface area contributed by atoms with Crippen LogP contribution in [0.3, 0.4) is 0 Å². The molecule has 0 saturated carbocycles. The summed E-state index contributed by atoms with van der Waals surface area (Å²) in [5.74, 6) is 0.553. The standard InChI is InChI=1S/C26H21BrN2O4/c1-2-13-31-17-9-7-16(8-10-17)26(30)32-18-11-12-20-23(14-18)33-25(29)21(15-28)24(20)19-5-3-4-6-22(19)27/h3-12,14,24H,2,13,29H2,1H3. The van der Waals surface area contributed by atoms with Gasteiger partial charge in [0, 0.05) is 16.1 Å². The first-order valence-electron chi connectivity index (χ1n) is 10.4. The minimum absolute atomic E-state index is 0.0249. The Labute approximate surface area is 200 Å². The molecule has 1 heterocycles.